The van der Waals surface area contributed by atoms with Crippen molar-refractivity contribution in [2.75, 3.05) is 40.0 Å². The van der Waals surface area contributed by atoms with Gasteiger partial charge in [-0.3, -0.25) is 28.2 Å². The number of rotatable bonds is 21. The lowest BCUT2D eigenvalue weighted by Gasteiger charge is -2.18. The highest BCUT2D eigenvalue weighted by molar-refractivity contribution is 7.47. The summed E-state index contributed by atoms with van der Waals surface area (Å²) < 4.78 is 37.8. The lowest BCUT2D eigenvalue weighted by atomic mass is 10.1. The average molecular weight is 694 g/mol. The van der Waals surface area contributed by atoms with Crippen LogP contribution in [0.1, 0.15) is 77.0 Å². The number of aromatic amines is 1. The zero-order chi connectivity index (χ0) is 34.8. The van der Waals surface area contributed by atoms with Gasteiger partial charge in [-0.15, -0.1) is 0 Å². The van der Waals surface area contributed by atoms with Gasteiger partial charge in [0.25, 0.3) is 5.56 Å². The summed E-state index contributed by atoms with van der Waals surface area (Å²) in [4.78, 5) is 72.9. The number of nitrogens with one attached hydrogen (secondary N) is 4. The van der Waals surface area contributed by atoms with Crippen LogP contribution in [0.25, 0.3) is 0 Å². The number of aliphatic hydroxyl groups is 1. The van der Waals surface area contributed by atoms with Crippen molar-refractivity contribution >= 4 is 25.9 Å². The number of nitrogens with zero attached hydrogens (tertiary/aromatic N) is 1. The molecule has 1 aliphatic rings. The highest BCUT2D eigenvalue weighted by Crippen LogP contribution is 2.47. The van der Waals surface area contributed by atoms with Gasteiger partial charge >= 0.3 is 25.7 Å². The minimum Gasteiger partial charge on any atom is -0.450 e. The van der Waals surface area contributed by atoms with Crippen molar-refractivity contribution in [2.45, 2.75) is 96.1 Å². The maximum atomic E-state index is 12.8. The number of hydrogen-bond donors (Lipinski definition) is 6. The molecule has 0 bridgehead atoms. The molecule has 2 rings (SSSR count). The van der Waals surface area contributed by atoms with Gasteiger partial charge in [0.1, 0.15) is 24.5 Å². The van der Waals surface area contributed by atoms with E-state index in [9.17, 15) is 38.5 Å². The molecule has 1 aliphatic heterocycles. The predicted octanol–water partition coefficient (Wildman–Crippen LogP) is 1.20. The number of aliphatic hydroxyl groups excluding tert-OH is 1. The Morgan fingerprint density at radius 1 is 1.04 bits per heavy atom. The van der Waals surface area contributed by atoms with E-state index in [1.54, 1.807) is 13.8 Å². The third kappa shape index (κ3) is 14.2. The van der Waals surface area contributed by atoms with E-state index in [1.807, 2.05) is 0 Å². The van der Waals surface area contributed by atoms with Crippen molar-refractivity contribution in [1.82, 2.24) is 25.5 Å². The molecule has 1 aromatic rings. The smallest absolute Gasteiger partial charge is 0.450 e. The first-order valence-electron chi connectivity index (χ1n) is 15.7. The van der Waals surface area contributed by atoms with Gasteiger partial charge in [0.05, 0.1) is 19.8 Å². The highest BCUT2D eigenvalue weighted by atomic mass is 31.2. The summed E-state index contributed by atoms with van der Waals surface area (Å²) in [5.74, 6) is -0.348. The summed E-state index contributed by atoms with van der Waals surface area (Å²) in [6.07, 6.45) is 1.71. The second kappa shape index (κ2) is 20.8. The molecular weight excluding hydrogens is 645 g/mol. The first-order chi connectivity index (χ1) is 22.4. The summed E-state index contributed by atoms with van der Waals surface area (Å²) in [6, 6.07) is -0.800. The number of carbonyl (C=O) groups excluding carboxylic acids is 3. The van der Waals surface area contributed by atoms with Crippen molar-refractivity contribution < 1.29 is 52.2 Å². The molecule has 19 heteroatoms. The van der Waals surface area contributed by atoms with Crippen LogP contribution in [-0.2, 0) is 39.0 Å². The van der Waals surface area contributed by atoms with Gasteiger partial charge < -0.3 is 40.2 Å². The normalized spacial score (nSPS) is 19.4. The average Bonchev–Trinajstić information content (AvgIpc) is 3.42. The van der Waals surface area contributed by atoms with Gasteiger partial charge in [-0.25, -0.2) is 18.9 Å². The van der Waals surface area contributed by atoms with Gasteiger partial charge in [0, 0.05) is 38.4 Å². The maximum absolute atomic E-state index is 12.8. The Balaban J connectivity index is 1.81. The molecule has 6 N–H and O–H groups in total. The third-order valence-corrected chi connectivity index (χ3v) is 8.23. The lowest BCUT2D eigenvalue weighted by Crippen LogP contribution is -2.47. The molecule has 0 spiro atoms. The number of phosphoric acid groups is 1. The van der Waals surface area contributed by atoms with E-state index in [0.29, 0.717) is 57.2 Å². The quantitative estimate of drug-likeness (QED) is 0.0784. The molecule has 18 nitrogen and oxygen atoms in total. The first kappa shape index (κ1) is 39.9. The van der Waals surface area contributed by atoms with E-state index in [4.69, 9.17) is 18.7 Å². The SMILES string of the molecule is CCOC(=O)NCCCCC(NC(=O)OCC)C(=O)NCCCCCCc1cn([C@@H]2C[C@H](OP(=O)(O)OC)[C@H](CO)O2)c(=O)[nH]c1=O. The summed E-state index contributed by atoms with van der Waals surface area (Å²) in [6.45, 7) is 4.00. The Morgan fingerprint density at radius 2 is 1.70 bits per heavy atom. The van der Waals surface area contributed by atoms with Crippen LogP contribution in [0.5, 0.6) is 0 Å². The number of amides is 3. The molecule has 5 atom stereocenters. The van der Waals surface area contributed by atoms with Crippen LogP contribution in [0.15, 0.2) is 15.8 Å². The van der Waals surface area contributed by atoms with E-state index in [0.717, 1.165) is 24.5 Å². The number of aromatic nitrogens is 2. The Bertz CT molecular complexity index is 1310. The van der Waals surface area contributed by atoms with Crippen LogP contribution >= 0.6 is 7.82 Å². The second-order valence-electron chi connectivity index (χ2n) is 10.7. The number of ether oxygens (including phenoxy) is 3. The first-order valence-corrected chi connectivity index (χ1v) is 17.2. The van der Waals surface area contributed by atoms with Crippen LogP contribution in [0.2, 0.25) is 0 Å². The fraction of sp³-hybridized carbons (Fsp3) is 0.750. The molecule has 268 valence electrons. The molecular formula is C28H48N5O13P. The van der Waals surface area contributed by atoms with Crippen molar-refractivity contribution in [3.63, 3.8) is 0 Å². The summed E-state index contributed by atoms with van der Waals surface area (Å²) in [7, 11) is -3.38. The molecule has 3 amide bonds. The van der Waals surface area contributed by atoms with Crippen LogP contribution in [-0.4, -0.2) is 95.9 Å². The minimum atomic E-state index is -4.37. The van der Waals surface area contributed by atoms with E-state index in [1.165, 1.54) is 6.20 Å². The zero-order valence-electron chi connectivity index (χ0n) is 27.1. The number of carbonyl (C=O) groups is 3. The number of unbranched alkanes of at least 4 members (excludes halogenated alkanes) is 4. The highest BCUT2D eigenvalue weighted by Gasteiger charge is 2.41. The molecule has 0 aromatic carbocycles. The Labute approximate surface area is 272 Å². The molecule has 1 saturated heterocycles. The Hall–Kier alpha value is -3.28. The van der Waals surface area contributed by atoms with Crippen LogP contribution in [0.4, 0.5) is 9.59 Å². The fourth-order valence-corrected chi connectivity index (χ4v) is 5.49. The number of phosphoric ester groups is 1. The van der Waals surface area contributed by atoms with Gasteiger partial charge in [-0.1, -0.05) is 12.8 Å². The summed E-state index contributed by atoms with van der Waals surface area (Å²) in [5.41, 5.74) is -0.944. The standard InChI is InChI=1S/C28H48N5O13P/c1-4-43-27(38)30-15-11-9-13-20(31-28(39)44-5-2)25(36)29-14-10-7-6-8-12-19-17-33(26(37)32-24(19)35)23-16-21(22(18-34)45-23)46-47(40,41)42-3/h17,20-23,34H,4-16,18H2,1-3H3,(H,29,36)(H,30,38)(H,31,39)(H,40,41)(H,32,35,37)/t20?,21-,22-,23-/m0/s1. The van der Waals surface area contributed by atoms with Crippen molar-refractivity contribution in [3.8, 4) is 0 Å². The number of alkyl carbamates (subject to hydrolysis) is 2. The molecule has 0 radical (unpaired) electrons. The summed E-state index contributed by atoms with van der Waals surface area (Å²) >= 11 is 0. The molecule has 0 saturated carbocycles. The number of aryl methyl sites for hydroxylation is 1. The maximum Gasteiger partial charge on any atom is 0.472 e. The number of H-pyrrole nitrogens is 1. The Kier molecular flexibility index (Phi) is 17.7. The molecule has 2 unspecified atom stereocenters. The van der Waals surface area contributed by atoms with Gasteiger partial charge in [0.15, 0.2) is 0 Å². The summed E-state index contributed by atoms with van der Waals surface area (Å²) in [5, 5.41) is 17.6. The van der Waals surface area contributed by atoms with Crippen molar-refractivity contribution in [2.24, 2.45) is 0 Å². The van der Waals surface area contributed by atoms with Crippen molar-refractivity contribution in [1.29, 1.82) is 0 Å². The fourth-order valence-electron chi connectivity index (χ4n) is 4.84. The predicted molar refractivity (Wildman–Crippen MR) is 167 cm³/mol. The van der Waals surface area contributed by atoms with Crippen LogP contribution in [0.3, 0.4) is 0 Å². The third-order valence-electron chi connectivity index (χ3n) is 7.23. The van der Waals surface area contributed by atoms with Crippen LogP contribution in [0, 0.1) is 0 Å². The van der Waals surface area contributed by atoms with Gasteiger partial charge in [-0.2, -0.15) is 0 Å². The largest absolute Gasteiger partial charge is 0.472 e. The minimum absolute atomic E-state index is 0.0426. The molecule has 47 heavy (non-hydrogen) atoms. The Morgan fingerprint density at radius 3 is 2.38 bits per heavy atom. The van der Waals surface area contributed by atoms with Crippen LogP contribution < -0.4 is 27.2 Å². The monoisotopic (exact) mass is 693 g/mol. The molecule has 2 heterocycles. The van der Waals surface area contributed by atoms with E-state index in [-0.39, 0.29) is 25.5 Å². The molecule has 0 aliphatic carbocycles. The van der Waals surface area contributed by atoms with E-state index in [2.05, 4.69) is 25.5 Å². The van der Waals surface area contributed by atoms with Crippen molar-refractivity contribution in [3.05, 3.63) is 32.6 Å². The van der Waals surface area contributed by atoms with E-state index >= 15 is 0 Å². The lowest BCUT2D eigenvalue weighted by molar-refractivity contribution is -0.123. The zero-order valence-corrected chi connectivity index (χ0v) is 28.0. The van der Waals surface area contributed by atoms with E-state index < -0.39 is 62.3 Å². The topological polar surface area (TPSA) is 246 Å². The van der Waals surface area contributed by atoms with Gasteiger partial charge in [0.2, 0.25) is 5.91 Å². The molecule has 1 aromatic heterocycles. The molecule has 1 fully saturated rings. The van der Waals surface area contributed by atoms with Gasteiger partial charge in [-0.05, 0) is 52.4 Å². The number of hydrogen-bond acceptors (Lipinski definition) is 12. The second-order valence-corrected chi connectivity index (χ2v) is 12.2.